The molecule has 3 nitrogen and oxygen atoms in total. The van der Waals surface area contributed by atoms with Crippen molar-refractivity contribution in [3.05, 3.63) is 248 Å². The number of fused-ring (bicyclic) bond motifs is 9. The molecule has 0 bridgehead atoms. The maximum Gasteiger partial charge on any atom is 0.0641 e. The second kappa shape index (κ2) is 16.1. The fourth-order valence-corrected chi connectivity index (χ4v) is 13.1. The molecule has 0 saturated heterocycles. The van der Waals surface area contributed by atoms with Gasteiger partial charge in [-0.2, -0.15) is 0 Å². The maximum absolute atomic E-state index is 2.49. The molecule has 1 aliphatic rings. The first-order chi connectivity index (χ1) is 33.5. The number of rotatable bonds is 9. The van der Waals surface area contributed by atoms with Crippen LogP contribution in [0.4, 0.5) is 51.2 Å². The van der Waals surface area contributed by atoms with Crippen molar-refractivity contribution >= 4 is 114 Å². The molecule has 0 amide bonds. The van der Waals surface area contributed by atoms with Crippen molar-refractivity contribution in [2.24, 2.45) is 0 Å². The average Bonchev–Trinajstić information content (AvgIpc) is 4.04. The number of nitrogens with zero attached hydrogens (tertiary/aromatic N) is 3. The van der Waals surface area contributed by atoms with Gasteiger partial charge in [0.2, 0.25) is 0 Å². The zero-order valence-electron chi connectivity index (χ0n) is 37.7. The predicted octanol–water partition coefficient (Wildman–Crippen LogP) is 19.1. The Morgan fingerprint density at radius 3 is 1.40 bits per heavy atom. The van der Waals surface area contributed by atoms with Crippen molar-refractivity contribution in [3.63, 3.8) is 0 Å². The lowest BCUT2D eigenvalue weighted by atomic mass is 9.82. The maximum atomic E-state index is 2.49. The lowest BCUT2D eigenvalue weighted by molar-refractivity contribution is 0.660. The van der Waals surface area contributed by atoms with Gasteiger partial charge >= 0.3 is 0 Å². The van der Waals surface area contributed by atoms with Crippen molar-refractivity contribution in [3.8, 4) is 11.1 Å². The molecule has 12 aromatic rings. The van der Waals surface area contributed by atoms with Crippen LogP contribution < -0.4 is 14.7 Å². The minimum Gasteiger partial charge on any atom is -0.310 e. The van der Waals surface area contributed by atoms with Crippen LogP contribution in [-0.4, -0.2) is 0 Å². The summed E-state index contributed by atoms with van der Waals surface area (Å²) in [6.07, 6.45) is 0. The molecule has 68 heavy (non-hydrogen) atoms. The lowest BCUT2D eigenvalue weighted by Gasteiger charge is -2.32. The van der Waals surface area contributed by atoms with Crippen molar-refractivity contribution in [1.29, 1.82) is 0 Å². The number of thiophene rings is 2. The molecule has 0 N–H and O–H groups in total. The molecule has 0 unspecified atom stereocenters. The van der Waals surface area contributed by atoms with Crippen LogP contribution in [0, 0.1) is 0 Å². The Hall–Kier alpha value is -7.96. The van der Waals surface area contributed by atoms with Crippen molar-refractivity contribution < 1.29 is 0 Å². The van der Waals surface area contributed by atoms with Crippen molar-refractivity contribution in [2.45, 2.75) is 19.3 Å². The van der Waals surface area contributed by atoms with Gasteiger partial charge in [0.25, 0.3) is 0 Å². The largest absolute Gasteiger partial charge is 0.310 e. The number of hydrogen-bond donors (Lipinski definition) is 0. The second-order valence-electron chi connectivity index (χ2n) is 18.1. The summed E-state index contributed by atoms with van der Waals surface area (Å²) in [6, 6.07) is 86.8. The van der Waals surface area contributed by atoms with Gasteiger partial charge in [0.05, 0.1) is 21.8 Å². The third-order valence-electron chi connectivity index (χ3n) is 13.8. The van der Waals surface area contributed by atoms with Crippen LogP contribution in [0.2, 0.25) is 0 Å². The summed E-state index contributed by atoms with van der Waals surface area (Å²) in [6.45, 7) is 4.71. The molecular weight excluding hydrogens is 863 g/mol. The predicted molar refractivity (Wildman–Crippen MR) is 294 cm³/mol. The molecule has 13 rings (SSSR count). The molecule has 5 heteroatoms. The van der Waals surface area contributed by atoms with Crippen LogP contribution in [-0.2, 0) is 5.41 Å². The smallest absolute Gasteiger partial charge is 0.0641 e. The minimum atomic E-state index is -0.0821. The van der Waals surface area contributed by atoms with E-state index >= 15 is 0 Å². The zero-order valence-corrected chi connectivity index (χ0v) is 39.3. The third kappa shape index (κ3) is 6.45. The molecule has 0 radical (unpaired) electrons. The number of benzene rings is 10. The highest BCUT2D eigenvalue weighted by atomic mass is 32.1. The second-order valence-corrected chi connectivity index (χ2v) is 20.2. The Morgan fingerprint density at radius 2 is 0.779 bits per heavy atom. The van der Waals surface area contributed by atoms with E-state index in [-0.39, 0.29) is 5.41 Å². The Morgan fingerprint density at radius 1 is 0.309 bits per heavy atom. The van der Waals surface area contributed by atoms with Crippen LogP contribution in [0.5, 0.6) is 0 Å². The summed E-state index contributed by atoms with van der Waals surface area (Å²) in [5, 5.41) is 4.96. The Bertz CT molecular complexity index is 3800. The van der Waals surface area contributed by atoms with Gasteiger partial charge in [-0.3, -0.25) is 0 Å². The number of hydrogen-bond acceptors (Lipinski definition) is 5. The third-order valence-corrected chi connectivity index (χ3v) is 16.1. The van der Waals surface area contributed by atoms with E-state index in [9.17, 15) is 0 Å². The molecule has 0 spiro atoms. The van der Waals surface area contributed by atoms with Crippen LogP contribution in [0.25, 0.3) is 51.5 Å². The van der Waals surface area contributed by atoms with Gasteiger partial charge in [-0.05, 0) is 119 Å². The van der Waals surface area contributed by atoms with E-state index in [2.05, 4.69) is 265 Å². The first-order valence-electron chi connectivity index (χ1n) is 23.3. The van der Waals surface area contributed by atoms with E-state index in [1.807, 2.05) is 22.7 Å². The van der Waals surface area contributed by atoms with Gasteiger partial charge in [-0.1, -0.05) is 153 Å². The normalized spacial score (nSPS) is 12.7. The standard InChI is InChI=1S/C63H45N3S2/c1-63(2)52-32-18-15-29-48(52)51-39-46(35-36-53(51)63)65(44-25-11-5-12-26-44)55-38-37-54(61-50-31-17-20-34-58(50)68-62(55)61)66(45-27-13-6-14-28-45)47-40-56(60-49-30-16-19-33-57(49)67-59(60)41-47)64(42-21-7-3-8-22-42)43-23-9-4-10-24-43/h3-41H,1-2H3. The first-order valence-corrected chi connectivity index (χ1v) is 24.9. The molecule has 2 aromatic heterocycles. The highest BCUT2D eigenvalue weighted by molar-refractivity contribution is 7.26. The van der Waals surface area contributed by atoms with E-state index in [1.54, 1.807) is 0 Å². The molecule has 0 aliphatic heterocycles. The zero-order chi connectivity index (χ0) is 45.3. The molecule has 324 valence electrons. The molecule has 1 aliphatic carbocycles. The van der Waals surface area contributed by atoms with Gasteiger partial charge < -0.3 is 14.7 Å². The Balaban J connectivity index is 1.08. The Labute approximate surface area is 404 Å². The molecule has 2 heterocycles. The van der Waals surface area contributed by atoms with Gasteiger partial charge in [-0.15, -0.1) is 22.7 Å². The summed E-state index contributed by atoms with van der Waals surface area (Å²) in [5.74, 6) is 0. The fourth-order valence-electron chi connectivity index (χ4n) is 10.7. The fraction of sp³-hybridized carbons (Fsp3) is 0.0476. The Kier molecular flexibility index (Phi) is 9.57. The summed E-state index contributed by atoms with van der Waals surface area (Å²) < 4.78 is 4.98. The molecule has 0 saturated carbocycles. The molecule has 0 atom stereocenters. The highest BCUT2D eigenvalue weighted by Gasteiger charge is 2.36. The van der Waals surface area contributed by atoms with Gasteiger partial charge in [0.15, 0.2) is 0 Å². The molecular formula is C63H45N3S2. The van der Waals surface area contributed by atoms with Gasteiger partial charge in [0, 0.05) is 75.2 Å². The van der Waals surface area contributed by atoms with Crippen LogP contribution >= 0.6 is 22.7 Å². The lowest BCUT2D eigenvalue weighted by Crippen LogP contribution is -2.15. The minimum absolute atomic E-state index is 0.0821. The van der Waals surface area contributed by atoms with Crippen LogP contribution in [0.1, 0.15) is 25.0 Å². The molecule has 10 aromatic carbocycles. The summed E-state index contributed by atoms with van der Waals surface area (Å²) >= 11 is 3.74. The number of para-hydroxylation sites is 4. The quantitative estimate of drug-likeness (QED) is 0.143. The summed E-state index contributed by atoms with van der Waals surface area (Å²) in [7, 11) is 0. The van der Waals surface area contributed by atoms with Crippen LogP contribution in [0.3, 0.4) is 0 Å². The average molecular weight is 908 g/mol. The summed E-state index contributed by atoms with van der Waals surface area (Å²) in [4.78, 5) is 7.40. The topological polar surface area (TPSA) is 9.72 Å². The van der Waals surface area contributed by atoms with Gasteiger partial charge in [0.1, 0.15) is 0 Å². The van der Waals surface area contributed by atoms with E-state index in [0.29, 0.717) is 0 Å². The first kappa shape index (κ1) is 40.3. The molecule has 0 fully saturated rings. The van der Waals surface area contributed by atoms with E-state index < -0.39 is 0 Å². The number of anilines is 9. The van der Waals surface area contributed by atoms with Crippen molar-refractivity contribution in [1.82, 2.24) is 0 Å². The van der Waals surface area contributed by atoms with E-state index in [0.717, 1.165) is 51.2 Å². The van der Waals surface area contributed by atoms with E-state index in [1.165, 1.54) is 62.6 Å². The highest BCUT2D eigenvalue weighted by Crippen LogP contribution is 2.55. The van der Waals surface area contributed by atoms with Crippen LogP contribution in [0.15, 0.2) is 237 Å². The SMILES string of the molecule is CC1(C)c2ccccc2-c2cc(N(c3ccccc3)c3ccc(N(c4ccccc4)c4cc(N(c5ccccc5)c5ccccc5)c5c(c4)sc4ccccc45)c4c3sc3ccccc34)ccc21. The van der Waals surface area contributed by atoms with Crippen molar-refractivity contribution in [2.75, 3.05) is 14.7 Å². The van der Waals surface area contributed by atoms with Gasteiger partial charge in [-0.25, -0.2) is 0 Å². The summed E-state index contributed by atoms with van der Waals surface area (Å²) in [5.41, 5.74) is 15.3. The van der Waals surface area contributed by atoms with E-state index in [4.69, 9.17) is 0 Å². The monoisotopic (exact) mass is 907 g/mol.